The normalized spacial score (nSPS) is 21.3. The fourth-order valence-corrected chi connectivity index (χ4v) is 5.98. The highest BCUT2D eigenvalue weighted by Crippen LogP contribution is 2.39. The number of alkyl halides is 3. The predicted octanol–water partition coefficient (Wildman–Crippen LogP) is 4.20. The number of ether oxygens (including phenoxy) is 1. The standard InChI is InChI=1S/C22H20F3N3O4S2/c23-22(24,25)14-6-2-1-5-12(14)11-32-21(31)28-17(29)13-9-10-33-19(13)27-18(30)20-26-15-7-3-4-8-16(15)34-20/h1-8,13,19-20,26H,9-11H2,(H,27,30)(H,28,29,31). The molecule has 2 aliphatic heterocycles. The number of carbonyl (C=O) groups is 3. The zero-order valence-corrected chi connectivity index (χ0v) is 19.2. The summed E-state index contributed by atoms with van der Waals surface area (Å²) in [5, 5.41) is 6.95. The molecule has 0 saturated carbocycles. The molecule has 1 fully saturated rings. The number of hydrogen-bond acceptors (Lipinski definition) is 7. The molecule has 2 heterocycles. The van der Waals surface area contributed by atoms with Crippen LogP contribution in [0.15, 0.2) is 53.4 Å². The van der Waals surface area contributed by atoms with Crippen LogP contribution >= 0.6 is 23.5 Å². The Morgan fingerprint density at radius 2 is 1.79 bits per heavy atom. The van der Waals surface area contributed by atoms with E-state index < -0.39 is 47.0 Å². The molecule has 3 atom stereocenters. The van der Waals surface area contributed by atoms with Gasteiger partial charge in [0.05, 0.1) is 16.9 Å². The second-order valence-corrected chi connectivity index (χ2v) is 9.95. The number of benzene rings is 2. The maximum absolute atomic E-state index is 13.1. The van der Waals surface area contributed by atoms with Crippen molar-refractivity contribution in [3.63, 3.8) is 0 Å². The number of amides is 3. The second kappa shape index (κ2) is 10.2. The molecule has 0 aromatic heterocycles. The number of anilines is 1. The summed E-state index contributed by atoms with van der Waals surface area (Å²) in [6.45, 7) is -0.639. The van der Waals surface area contributed by atoms with Crippen LogP contribution in [0.1, 0.15) is 17.5 Å². The van der Waals surface area contributed by atoms with Gasteiger partial charge in [-0.3, -0.25) is 14.9 Å². The van der Waals surface area contributed by atoms with Crippen LogP contribution in [-0.2, 0) is 27.1 Å². The number of para-hydroxylation sites is 1. The lowest BCUT2D eigenvalue weighted by Gasteiger charge is -2.21. The Labute approximate surface area is 201 Å². The van der Waals surface area contributed by atoms with E-state index in [0.29, 0.717) is 12.2 Å². The Balaban J connectivity index is 1.29. The third-order valence-electron chi connectivity index (χ3n) is 5.28. The molecule has 2 aromatic rings. The Morgan fingerprint density at radius 1 is 1.06 bits per heavy atom. The zero-order valence-electron chi connectivity index (χ0n) is 17.6. The zero-order chi connectivity index (χ0) is 24.3. The summed E-state index contributed by atoms with van der Waals surface area (Å²) in [6.07, 6.45) is -5.31. The van der Waals surface area contributed by atoms with Gasteiger partial charge in [-0.2, -0.15) is 13.2 Å². The first-order chi connectivity index (χ1) is 16.2. The van der Waals surface area contributed by atoms with Crippen molar-refractivity contribution in [3.8, 4) is 0 Å². The van der Waals surface area contributed by atoms with Crippen molar-refractivity contribution in [3.05, 3.63) is 59.7 Å². The van der Waals surface area contributed by atoms with Crippen LogP contribution in [-0.4, -0.2) is 34.4 Å². The molecule has 34 heavy (non-hydrogen) atoms. The summed E-state index contributed by atoms with van der Waals surface area (Å²) >= 11 is 2.75. The maximum atomic E-state index is 13.1. The van der Waals surface area contributed by atoms with Crippen molar-refractivity contribution in [2.75, 3.05) is 11.1 Å². The number of hydrogen-bond donors (Lipinski definition) is 3. The minimum absolute atomic E-state index is 0.221. The van der Waals surface area contributed by atoms with Crippen molar-refractivity contribution < 1.29 is 32.3 Å². The van der Waals surface area contributed by atoms with E-state index >= 15 is 0 Å². The predicted molar refractivity (Wildman–Crippen MR) is 122 cm³/mol. The quantitative estimate of drug-likeness (QED) is 0.554. The summed E-state index contributed by atoms with van der Waals surface area (Å²) in [5.74, 6) is -1.02. The van der Waals surface area contributed by atoms with Crippen LogP contribution in [0.4, 0.5) is 23.7 Å². The molecule has 12 heteroatoms. The number of fused-ring (bicyclic) bond motifs is 1. The number of nitrogens with one attached hydrogen (secondary N) is 3. The van der Waals surface area contributed by atoms with Gasteiger partial charge in [0, 0.05) is 16.1 Å². The van der Waals surface area contributed by atoms with Crippen LogP contribution in [0.5, 0.6) is 0 Å². The summed E-state index contributed by atoms with van der Waals surface area (Å²) in [5.41, 5.74) is -0.276. The molecule has 0 radical (unpaired) electrons. The number of imide groups is 1. The topological polar surface area (TPSA) is 96.5 Å². The maximum Gasteiger partial charge on any atom is 0.416 e. The number of halogens is 3. The summed E-state index contributed by atoms with van der Waals surface area (Å²) in [6, 6.07) is 12.2. The van der Waals surface area contributed by atoms with Gasteiger partial charge in [0.15, 0.2) is 5.37 Å². The molecular formula is C22H20F3N3O4S2. The minimum atomic E-state index is -4.59. The van der Waals surface area contributed by atoms with E-state index in [1.807, 2.05) is 24.3 Å². The number of rotatable bonds is 5. The lowest BCUT2D eigenvalue weighted by atomic mass is 10.1. The molecular weight excluding hydrogens is 491 g/mol. The SMILES string of the molecule is O=C(NC(=O)C1CCSC1NC(=O)C1Nc2ccccc2S1)OCc1ccccc1C(F)(F)F. The Hall–Kier alpha value is -2.86. The molecule has 7 nitrogen and oxygen atoms in total. The average Bonchev–Trinajstić information content (AvgIpc) is 3.44. The molecule has 3 N–H and O–H groups in total. The first-order valence-corrected chi connectivity index (χ1v) is 12.2. The van der Waals surface area contributed by atoms with E-state index in [-0.39, 0.29) is 11.5 Å². The molecule has 3 amide bonds. The molecule has 180 valence electrons. The van der Waals surface area contributed by atoms with Gasteiger partial charge >= 0.3 is 12.3 Å². The van der Waals surface area contributed by atoms with Gasteiger partial charge in [-0.25, -0.2) is 4.79 Å². The first-order valence-electron chi connectivity index (χ1n) is 10.3. The average molecular weight is 512 g/mol. The molecule has 1 saturated heterocycles. The monoisotopic (exact) mass is 511 g/mol. The van der Waals surface area contributed by atoms with Gasteiger partial charge in [-0.15, -0.1) is 11.8 Å². The number of thioether (sulfide) groups is 2. The smallest absolute Gasteiger partial charge is 0.416 e. The lowest BCUT2D eigenvalue weighted by Crippen LogP contribution is -2.47. The molecule has 0 spiro atoms. The summed E-state index contributed by atoms with van der Waals surface area (Å²) in [7, 11) is 0. The third kappa shape index (κ3) is 5.61. The van der Waals surface area contributed by atoms with Crippen LogP contribution in [0, 0.1) is 5.92 Å². The number of carbonyl (C=O) groups excluding carboxylic acids is 3. The van der Waals surface area contributed by atoms with Crippen molar-refractivity contribution in [1.82, 2.24) is 10.6 Å². The first kappa shape index (κ1) is 24.3. The number of alkyl carbamates (subject to hydrolysis) is 1. The highest BCUT2D eigenvalue weighted by Gasteiger charge is 2.38. The highest BCUT2D eigenvalue weighted by molar-refractivity contribution is 8.01. The minimum Gasteiger partial charge on any atom is -0.444 e. The Morgan fingerprint density at radius 3 is 2.56 bits per heavy atom. The summed E-state index contributed by atoms with van der Waals surface area (Å²) in [4.78, 5) is 38.3. The van der Waals surface area contributed by atoms with Crippen LogP contribution in [0.25, 0.3) is 0 Å². The molecule has 3 unspecified atom stereocenters. The van der Waals surface area contributed by atoms with Crippen molar-refractivity contribution in [1.29, 1.82) is 0 Å². The van der Waals surface area contributed by atoms with Crippen molar-refractivity contribution >= 4 is 47.1 Å². The fourth-order valence-electron chi connectivity index (χ4n) is 3.62. The van der Waals surface area contributed by atoms with E-state index in [1.165, 1.54) is 41.7 Å². The van der Waals surface area contributed by atoms with Gasteiger partial charge in [0.2, 0.25) is 5.91 Å². The molecule has 2 aromatic carbocycles. The Bertz CT molecular complexity index is 1070. The van der Waals surface area contributed by atoms with Gasteiger partial charge < -0.3 is 15.4 Å². The Kier molecular flexibility index (Phi) is 7.27. The van der Waals surface area contributed by atoms with E-state index in [1.54, 1.807) is 0 Å². The lowest BCUT2D eigenvalue weighted by molar-refractivity contribution is -0.138. The van der Waals surface area contributed by atoms with E-state index in [2.05, 4.69) is 16.0 Å². The van der Waals surface area contributed by atoms with Gasteiger partial charge in [-0.05, 0) is 30.4 Å². The van der Waals surface area contributed by atoms with Gasteiger partial charge in [-0.1, -0.05) is 42.1 Å². The van der Waals surface area contributed by atoms with E-state index in [4.69, 9.17) is 4.74 Å². The van der Waals surface area contributed by atoms with Gasteiger partial charge in [0.25, 0.3) is 5.91 Å². The van der Waals surface area contributed by atoms with Crippen molar-refractivity contribution in [2.45, 2.75) is 34.8 Å². The molecule has 2 aliphatic rings. The largest absolute Gasteiger partial charge is 0.444 e. The van der Waals surface area contributed by atoms with E-state index in [0.717, 1.165) is 16.6 Å². The third-order valence-corrected chi connectivity index (χ3v) is 7.73. The molecule has 0 bridgehead atoms. The van der Waals surface area contributed by atoms with Gasteiger partial charge in [0.1, 0.15) is 6.61 Å². The molecule has 0 aliphatic carbocycles. The van der Waals surface area contributed by atoms with Crippen LogP contribution in [0.2, 0.25) is 0 Å². The van der Waals surface area contributed by atoms with E-state index in [9.17, 15) is 27.6 Å². The van der Waals surface area contributed by atoms with Crippen LogP contribution < -0.4 is 16.0 Å². The van der Waals surface area contributed by atoms with Crippen LogP contribution in [0.3, 0.4) is 0 Å². The second-order valence-electron chi connectivity index (χ2n) is 7.55. The highest BCUT2D eigenvalue weighted by atomic mass is 32.2. The molecule has 4 rings (SSSR count). The van der Waals surface area contributed by atoms with Crippen molar-refractivity contribution in [2.24, 2.45) is 5.92 Å². The summed E-state index contributed by atoms with van der Waals surface area (Å²) < 4.78 is 44.1. The fraction of sp³-hybridized carbons (Fsp3) is 0.318.